The fourth-order valence-electron chi connectivity index (χ4n) is 1.13. The lowest BCUT2D eigenvalue weighted by atomic mass is 10.1. The van der Waals surface area contributed by atoms with Crippen molar-refractivity contribution in [3.8, 4) is 0 Å². The summed E-state index contributed by atoms with van der Waals surface area (Å²) < 4.78 is 0. The maximum atomic E-state index is 9.62. The molecular formula is C10H14OS. The molecule has 1 nitrogen and oxygen atoms in total. The second-order valence-electron chi connectivity index (χ2n) is 2.79. The van der Waals surface area contributed by atoms with Crippen molar-refractivity contribution in [3.63, 3.8) is 0 Å². The Kier molecular flexibility index (Phi) is 4.19. The third-order valence-corrected chi connectivity index (χ3v) is 2.14. The van der Waals surface area contributed by atoms with E-state index in [1.54, 1.807) is 0 Å². The molecule has 0 radical (unpaired) electrons. The normalized spacial score (nSPS) is 12.8. The molecule has 0 aliphatic rings. The third kappa shape index (κ3) is 2.88. The van der Waals surface area contributed by atoms with Crippen molar-refractivity contribution in [2.45, 2.75) is 18.9 Å². The van der Waals surface area contributed by atoms with Crippen molar-refractivity contribution in [2.24, 2.45) is 0 Å². The summed E-state index contributed by atoms with van der Waals surface area (Å²) in [6.45, 7) is 0. The standard InChI is InChI=1S/C10H14OS/c11-10(7-4-8-12)9-5-2-1-3-6-9/h1-3,5-6,10-12H,4,7-8H2. The summed E-state index contributed by atoms with van der Waals surface area (Å²) in [4.78, 5) is 0. The van der Waals surface area contributed by atoms with Gasteiger partial charge in [-0.05, 0) is 24.2 Å². The zero-order valence-corrected chi connectivity index (χ0v) is 7.87. The number of aliphatic hydroxyl groups excluding tert-OH is 1. The van der Waals surface area contributed by atoms with Crippen molar-refractivity contribution in [3.05, 3.63) is 35.9 Å². The van der Waals surface area contributed by atoms with Crippen LogP contribution in [0, 0.1) is 0 Å². The zero-order chi connectivity index (χ0) is 8.81. The number of aliphatic hydroxyl groups is 1. The molecule has 0 aliphatic carbocycles. The molecule has 0 aliphatic heterocycles. The van der Waals surface area contributed by atoms with E-state index < -0.39 is 0 Å². The SMILES string of the molecule is OC(CCCS)c1ccccc1. The summed E-state index contributed by atoms with van der Waals surface area (Å²) in [5.74, 6) is 0.837. The molecule has 0 heterocycles. The molecule has 1 rings (SSSR count). The Morgan fingerprint density at radius 3 is 2.50 bits per heavy atom. The fraction of sp³-hybridized carbons (Fsp3) is 0.400. The average Bonchev–Trinajstić information content (AvgIpc) is 2.15. The second kappa shape index (κ2) is 5.22. The minimum Gasteiger partial charge on any atom is -0.388 e. The van der Waals surface area contributed by atoms with Gasteiger partial charge in [0.2, 0.25) is 0 Å². The number of rotatable bonds is 4. The fourth-order valence-corrected chi connectivity index (χ4v) is 1.31. The zero-order valence-electron chi connectivity index (χ0n) is 6.98. The summed E-state index contributed by atoms with van der Waals surface area (Å²) in [7, 11) is 0. The first-order chi connectivity index (χ1) is 5.84. The summed E-state index contributed by atoms with van der Waals surface area (Å²) >= 11 is 4.10. The summed E-state index contributed by atoms with van der Waals surface area (Å²) in [6, 6.07) is 9.74. The highest BCUT2D eigenvalue weighted by Crippen LogP contribution is 2.17. The van der Waals surface area contributed by atoms with Crippen LogP contribution in [0.25, 0.3) is 0 Å². The quantitative estimate of drug-likeness (QED) is 0.685. The maximum absolute atomic E-state index is 9.62. The van der Waals surface area contributed by atoms with Gasteiger partial charge in [-0.3, -0.25) is 0 Å². The highest BCUT2D eigenvalue weighted by molar-refractivity contribution is 7.80. The van der Waals surface area contributed by atoms with Crippen LogP contribution in [0.1, 0.15) is 24.5 Å². The molecule has 12 heavy (non-hydrogen) atoms. The summed E-state index contributed by atoms with van der Waals surface area (Å²) in [5, 5.41) is 9.62. The van der Waals surface area contributed by atoms with Gasteiger partial charge in [-0.25, -0.2) is 0 Å². The van der Waals surface area contributed by atoms with Crippen LogP contribution in [0.5, 0.6) is 0 Å². The Labute approximate surface area is 78.8 Å². The second-order valence-corrected chi connectivity index (χ2v) is 3.24. The van der Waals surface area contributed by atoms with Crippen molar-refractivity contribution in [1.82, 2.24) is 0 Å². The van der Waals surface area contributed by atoms with Crippen LogP contribution in [-0.4, -0.2) is 10.9 Å². The predicted octanol–water partition coefficient (Wildman–Crippen LogP) is 2.43. The van der Waals surface area contributed by atoms with Gasteiger partial charge in [0.05, 0.1) is 6.10 Å². The Morgan fingerprint density at radius 1 is 1.25 bits per heavy atom. The van der Waals surface area contributed by atoms with E-state index in [1.807, 2.05) is 30.3 Å². The highest BCUT2D eigenvalue weighted by atomic mass is 32.1. The van der Waals surface area contributed by atoms with Gasteiger partial charge in [0.25, 0.3) is 0 Å². The van der Waals surface area contributed by atoms with Crippen LogP contribution in [0.4, 0.5) is 0 Å². The van der Waals surface area contributed by atoms with Crippen LogP contribution >= 0.6 is 12.6 Å². The minimum absolute atomic E-state index is 0.321. The molecule has 0 saturated heterocycles. The first kappa shape index (κ1) is 9.62. The average molecular weight is 182 g/mol. The van der Waals surface area contributed by atoms with Crippen molar-refractivity contribution in [1.29, 1.82) is 0 Å². The number of thiol groups is 1. The van der Waals surface area contributed by atoms with Gasteiger partial charge in [0, 0.05) is 0 Å². The lowest BCUT2D eigenvalue weighted by Crippen LogP contribution is -1.96. The molecule has 0 aromatic heterocycles. The number of hydrogen-bond acceptors (Lipinski definition) is 2. The van der Waals surface area contributed by atoms with Gasteiger partial charge >= 0.3 is 0 Å². The van der Waals surface area contributed by atoms with E-state index in [-0.39, 0.29) is 6.10 Å². The summed E-state index contributed by atoms with van der Waals surface area (Å²) in [5.41, 5.74) is 0.999. The monoisotopic (exact) mass is 182 g/mol. The minimum atomic E-state index is -0.321. The van der Waals surface area contributed by atoms with Crippen LogP contribution in [0.15, 0.2) is 30.3 Å². The van der Waals surface area contributed by atoms with E-state index >= 15 is 0 Å². The molecule has 2 heteroatoms. The highest BCUT2D eigenvalue weighted by Gasteiger charge is 2.04. The molecular weight excluding hydrogens is 168 g/mol. The largest absolute Gasteiger partial charge is 0.388 e. The Morgan fingerprint density at radius 2 is 1.92 bits per heavy atom. The molecule has 1 N–H and O–H groups in total. The van der Waals surface area contributed by atoms with E-state index in [9.17, 15) is 5.11 Å². The summed E-state index contributed by atoms with van der Waals surface area (Å²) in [6.07, 6.45) is 1.44. The van der Waals surface area contributed by atoms with Gasteiger partial charge in [-0.1, -0.05) is 30.3 Å². The van der Waals surface area contributed by atoms with Gasteiger partial charge in [0.1, 0.15) is 0 Å². The molecule has 1 aromatic carbocycles. The van der Waals surface area contributed by atoms with Gasteiger partial charge in [-0.15, -0.1) is 0 Å². The predicted molar refractivity (Wildman–Crippen MR) is 54.5 cm³/mol. The molecule has 1 aromatic rings. The maximum Gasteiger partial charge on any atom is 0.0790 e. The molecule has 0 fully saturated rings. The Bertz CT molecular complexity index is 210. The van der Waals surface area contributed by atoms with E-state index in [1.165, 1.54) is 0 Å². The molecule has 1 unspecified atom stereocenters. The van der Waals surface area contributed by atoms with E-state index in [0.717, 1.165) is 24.2 Å². The third-order valence-electron chi connectivity index (χ3n) is 1.82. The van der Waals surface area contributed by atoms with Crippen LogP contribution < -0.4 is 0 Å². The molecule has 0 saturated carbocycles. The first-order valence-electron chi connectivity index (χ1n) is 4.18. The topological polar surface area (TPSA) is 20.2 Å². The lowest BCUT2D eigenvalue weighted by Gasteiger charge is -2.08. The van der Waals surface area contributed by atoms with E-state index in [4.69, 9.17) is 0 Å². The van der Waals surface area contributed by atoms with Crippen molar-refractivity contribution >= 4 is 12.6 Å². The van der Waals surface area contributed by atoms with E-state index in [2.05, 4.69) is 12.6 Å². The van der Waals surface area contributed by atoms with Gasteiger partial charge < -0.3 is 5.11 Å². The smallest absolute Gasteiger partial charge is 0.0790 e. The number of benzene rings is 1. The van der Waals surface area contributed by atoms with E-state index in [0.29, 0.717) is 0 Å². The van der Waals surface area contributed by atoms with Crippen LogP contribution in [0.3, 0.4) is 0 Å². The molecule has 66 valence electrons. The molecule has 0 bridgehead atoms. The Balaban J connectivity index is 2.48. The molecule has 1 atom stereocenters. The lowest BCUT2D eigenvalue weighted by molar-refractivity contribution is 0.167. The first-order valence-corrected chi connectivity index (χ1v) is 4.81. The number of hydrogen-bond donors (Lipinski definition) is 2. The van der Waals surface area contributed by atoms with Crippen LogP contribution in [0.2, 0.25) is 0 Å². The Hall–Kier alpha value is -0.470. The van der Waals surface area contributed by atoms with Crippen molar-refractivity contribution in [2.75, 3.05) is 5.75 Å². The molecule has 0 spiro atoms. The molecule has 0 amide bonds. The van der Waals surface area contributed by atoms with Gasteiger partial charge in [0.15, 0.2) is 0 Å². The van der Waals surface area contributed by atoms with Crippen LogP contribution in [-0.2, 0) is 0 Å². The van der Waals surface area contributed by atoms with Crippen molar-refractivity contribution < 1.29 is 5.11 Å². The van der Waals surface area contributed by atoms with Gasteiger partial charge in [-0.2, -0.15) is 12.6 Å².